The molecule has 0 radical (unpaired) electrons. The second kappa shape index (κ2) is 24.1. The number of aliphatic carboxylic acids is 2. The molecule has 69 heavy (non-hydrogen) atoms. The zero-order chi connectivity index (χ0) is 50.4. The first-order chi connectivity index (χ1) is 33.0. The minimum absolute atomic E-state index is 0.00980. The predicted molar refractivity (Wildman–Crippen MR) is 258 cm³/mol. The van der Waals surface area contributed by atoms with Crippen LogP contribution in [0.5, 0.6) is 0 Å². The SMILES string of the molecule is CC.CC(C)C(NC(=O)CNC(=S)Nc1cccc(C(=O)NCC(=O)NC(CC(=O)O)c2ccccc2)c1)C(=O)OC1C(=O)OCc2c1cc1n(c2=O)Cc2cc3ccccc3nc2-1.CCC(=O)O. The predicted octanol–water partition coefficient (Wildman–Crippen LogP) is 4.76. The Bertz CT molecular complexity index is 2820. The number of aromatic nitrogens is 2. The van der Waals surface area contributed by atoms with Crippen LogP contribution in [0, 0.1) is 5.92 Å². The maximum absolute atomic E-state index is 13.7. The third kappa shape index (κ3) is 13.6. The lowest BCUT2D eigenvalue weighted by Crippen LogP contribution is -2.49. The van der Waals surface area contributed by atoms with Crippen LogP contribution in [0.3, 0.4) is 0 Å². The molecule has 20 heteroatoms. The van der Waals surface area contributed by atoms with E-state index in [4.69, 9.17) is 31.8 Å². The van der Waals surface area contributed by atoms with Crippen molar-refractivity contribution in [1.29, 1.82) is 0 Å². The van der Waals surface area contributed by atoms with E-state index in [2.05, 4.69) is 26.6 Å². The highest BCUT2D eigenvalue weighted by Crippen LogP contribution is 2.36. The van der Waals surface area contributed by atoms with Crippen LogP contribution in [0.2, 0.25) is 0 Å². The first kappa shape index (κ1) is 52.0. The van der Waals surface area contributed by atoms with Crippen LogP contribution < -0.4 is 32.1 Å². The van der Waals surface area contributed by atoms with Gasteiger partial charge in [0.1, 0.15) is 12.6 Å². The van der Waals surface area contributed by atoms with E-state index < -0.39 is 72.2 Å². The van der Waals surface area contributed by atoms with E-state index in [0.29, 0.717) is 22.6 Å². The first-order valence-electron chi connectivity index (χ1n) is 22.1. The molecule has 0 spiro atoms. The number of carbonyl (C=O) groups excluding carboxylic acids is 5. The summed E-state index contributed by atoms with van der Waals surface area (Å²) in [5, 5.41) is 31.3. The molecule has 2 aliphatic heterocycles. The van der Waals surface area contributed by atoms with Crippen molar-refractivity contribution < 1.29 is 53.2 Å². The Labute approximate surface area is 402 Å². The van der Waals surface area contributed by atoms with Crippen molar-refractivity contribution in [1.82, 2.24) is 30.8 Å². The summed E-state index contributed by atoms with van der Waals surface area (Å²) in [7, 11) is 0. The molecule has 0 aliphatic carbocycles. The summed E-state index contributed by atoms with van der Waals surface area (Å²) in [6.07, 6.45) is -1.68. The number of cyclic esters (lactones) is 1. The number of anilines is 1. The van der Waals surface area contributed by atoms with Crippen molar-refractivity contribution in [2.45, 2.75) is 78.8 Å². The lowest BCUT2D eigenvalue weighted by atomic mass is 9.99. The average Bonchev–Trinajstić information content (AvgIpc) is 3.70. The highest BCUT2D eigenvalue weighted by molar-refractivity contribution is 7.80. The zero-order valence-corrected chi connectivity index (χ0v) is 39.3. The number of carboxylic acid groups (broad SMARTS) is 2. The number of carbonyl (C=O) groups is 7. The molecule has 0 fully saturated rings. The van der Waals surface area contributed by atoms with Gasteiger partial charge in [-0.1, -0.05) is 89.2 Å². The number of pyridine rings is 2. The van der Waals surface area contributed by atoms with Crippen molar-refractivity contribution in [3.63, 3.8) is 0 Å². The van der Waals surface area contributed by atoms with Crippen LogP contribution in [0.4, 0.5) is 5.69 Å². The third-order valence-electron chi connectivity index (χ3n) is 10.6. The summed E-state index contributed by atoms with van der Waals surface area (Å²) < 4.78 is 12.6. The lowest BCUT2D eigenvalue weighted by molar-refractivity contribution is -0.173. The standard InChI is InChI=1S/C44H41N7O10S.C3H6O2.C2H6/c1-23(2)37(42(58)61-39-29-17-33-38-27(15-25-11-6-7-14-31(25)49-38)21-51(33)41(57)30(29)22-60-43(39)59)50-35(53)20-46-44(62)47-28-13-8-12-26(16-28)40(56)45-19-34(52)48-32(18-36(54)55)24-9-4-3-5-10-24;1-2-3(4)5;1-2/h3-17,23,32,37,39H,18-22H2,1-2H3,(H,45,56)(H,48,52)(H,50,53)(H,54,55)(H2,46,47,62);2H2,1H3,(H,4,5);1-2H3. The molecule has 4 heterocycles. The average molecular weight is 964 g/mol. The van der Waals surface area contributed by atoms with Crippen LogP contribution in [-0.4, -0.2) is 85.6 Å². The van der Waals surface area contributed by atoms with Gasteiger partial charge in [-0.3, -0.25) is 28.8 Å². The molecule has 2 aromatic heterocycles. The molecular weight excluding hydrogens is 911 g/mol. The molecule has 19 nitrogen and oxygen atoms in total. The molecule has 2 aliphatic rings. The molecule has 0 bridgehead atoms. The number of amides is 3. The summed E-state index contributed by atoms with van der Waals surface area (Å²) in [5.41, 5.74) is 3.79. The number of rotatable bonds is 15. The van der Waals surface area contributed by atoms with E-state index in [1.54, 1.807) is 73.9 Å². The summed E-state index contributed by atoms with van der Waals surface area (Å²) in [6.45, 7) is 8.17. The van der Waals surface area contributed by atoms with Gasteiger partial charge in [-0.2, -0.15) is 0 Å². The molecular formula is C49H53N7O12S. The Hall–Kier alpha value is -8.00. The fourth-order valence-corrected chi connectivity index (χ4v) is 7.37. The summed E-state index contributed by atoms with van der Waals surface area (Å²) in [4.78, 5) is 105. The Balaban J connectivity index is 0.00000119. The largest absolute Gasteiger partial charge is 0.481 e. The molecule has 3 unspecified atom stereocenters. The summed E-state index contributed by atoms with van der Waals surface area (Å²) >= 11 is 5.35. The van der Waals surface area contributed by atoms with Crippen LogP contribution in [-0.2, 0) is 51.4 Å². The van der Waals surface area contributed by atoms with E-state index in [1.165, 1.54) is 12.1 Å². The van der Waals surface area contributed by atoms with Crippen molar-refractivity contribution in [2.24, 2.45) is 5.92 Å². The van der Waals surface area contributed by atoms with Crippen molar-refractivity contribution in [3.05, 3.63) is 129 Å². The summed E-state index contributed by atoms with van der Waals surface area (Å²) in [5.74, 6) is -5.90. The van der Waals surface area contributed by atoms with Gasteiger partial charge in [0, 0.05) is 34.2 Å². The number of thiocarbonyl (C=S) groups is 1. The van der Waals surface area contributed by atoms with Gasteiger partial charge in [0.25, 0.3) is 11.5 Å². The van der Waals surface area contributed by atoms with Crippen molar-refractivity contribution in [3.8, 4) is 11.4 Å². The molecule has 3 aromatic carbocycles. The van der Waals surface area contributed by atoms with Crippen LogP contribution in [0.15, 0.2) is 95.8 Å². The van der Waals surface area contributed by atoms with Gasteiger partial charge in [0.15, 0.2) is 5.11 Å². The maximum Gasteiger partial charge on any atom is 0.352 e. The van der Waals surface area contributed by atoms with Gasteiger partial charge in [-0.25, -0.2) is 14.6 Å². The van der Waals surface area contributed by atoms with Gasteiger partial charge in [0.05, 0.1) is 54.6 Å². The molecule has 0 saturated heterocycles. The maximum atomic E-state index is 13.7. The highest BCUT2D eigenvalue weighted by Gasteiger charge is 2.39. The molecule has 5 aromatic rings. The molecule has 362 valence electrons. The van der Waals surface area contributed by atoms with Gasteiger partial charge in [-0.05, 0) is 60.1 Å². The second-order valence-electron chi connectivity index (χ2n) is 15.7. The fraction of sp³-hybridized carbons (Fsp3) is 0.306. The first-order valence-corrected chi connectivity index (χ1v) is 22.5. The third-order valence-corrected chi connectivity index (χ3v) is 10.8. The van der Waals surface area contributed by atoms with Crippen molar-refractivity contribution >= 4 is 75.5 Å². The van der Waals surface area contributed by atoms with E-state index >= 15 is 0 Å². The van der Waals surface area contributed by atoms with Crippen LogP contribution in [0.25, 0.3) is 22.3 Å². The number of nitrogens with one attached hydrogen (secondary N) is 5. The Morgan fingerprint density at radius 2 is 1.52 bits per heavy atom. The highest BCUT2D eigenvalue weighted by atomic mass is 32.1. The molecule has 3 amide bonds. The molecule has 7 N–H and O–H groups in total. The van der Waals surface area contributed by atoms with E-state index in [1.807, 2.05) is 44.2 Å². The van der Waals surface area contributed by atoms with Gasteiger partial charge >= 0.3 is 23.9 Å². The Kier molecular flexibility index (Phi) is 18.2. The van der Waals surface area contributed by atoms with E-state index in [9.17, 15) is 43.5 Å². The topological polar surface area (TPSA) is 273 Å². The molecule has 7 rings (SSSR count). The van der Waals surface area contributed by atoms with Gasteiger partial charge in [-0.15, -0.1) is 0 Å². The number of esters is 2. The monoisotopic (exact) mass is 963 g/mol. The van der Waals surface area contributed by atoms with Crippen LogP contribution in [0.1, 0.15) is 92.2 Å². The van der Waals surface area contributed by atoms with E-state index in [0.717, 1.165) is 16.5 Å². The smallest absolute Gasteiger partial charge is 0.352 e. The number of ether oxygens (including phenoxy) is 2. The number of nitrogens with zero attached hydrogens (tertiary/aromatic N) is 2. The number of benzene rings is 3. The number of para-hydroxylation sites is 1. The fourth-order valence-electron chi connectivity index (χ4n) is 7.18. The quantitative estimate of drug-likeness (QED) is 0.0540. The Morgan fingerprint density at radius 3 is 2.20 bits per heavy atom. The number of fused-ring (bicyclic) bond motifs is 5. The molecule has 3 atom stereocenters. The minimum atomic E-state index is -1.56. The zero-order valence-electron chi connectivity index (χ0n) is 38.5. The summed E-state index contributed by atoms with van der Waals surface area (Å²) in [6, 6.07) is 24.0. The minimum Gasteiger partial charge on any atom is -0.481 e. The van der Waals surface area contributed by atoms with Gasteiger partial charge in [0.2, 0.25) is 17.9 Å². The van der Waals surface area contributed by atoms with Crippen LogP contribution >= 0.6 is 12.2 Å². The molecule has 0 saturated carbocycles. The lowest BCUT2D eigenvalue weighted by Gasteiger charge is -2.28. The second-order valence-corrected chi connectivity index (χ2v) is 16.1. The number of hydrogen-bond donors (Lipinski definition) is 7. The Morgan fingerprint density at radius 1 is 0.855 bits per heavy atom. The number of hydrogen-bond acceptors (Lipinski definition) is 12. The van der Waals surface area contributed by atoms with E-state index in [-0.39, 0.29) is 59.9 Å². The number of carboxylic acids is 2. The normalized spacial score (nSPS) is 13.7. The van der Waals surface area contributed by atoms with Gasteiger partial charge < -0.3 is 50.8 Å². The van der Waals surface area contributed by atoms with Crippen molar-refractivity contribution in [2.75, 3.05) is 18.4 Å².